The van der Waals surface area contributed by atoms with Crippen LogP contribution in [0.25, 0.3) is 0 Å². The minimum absolute atomic E-state index is 0.144. The Labute approximate surface area is 104 Å². The van der Waals surface area contributed by atoms with Gasteiger partial charge in [-0.1, -0.05) is 29.8 Å². The Morgan fingerprint density at radius 3 is 2.47 bits per heavy atom. The summed E-state index contributed by atoms with van der Waals surface area (Å²) in [5.41, 5.74) is 2.58. The molecular weight excluding hydrogens is 214 g/mol. The molecule has 0 fully saturated rings. The Kier molecular flexibility index (Phi) is 6.86. The first kappa shape index (κ1) is 14.2. The Morgan fingerprint density at radius 1 is 1.18 bits per heavy atom. The van der Waals surface area contributed by atoms with E-state index in [4.69, 9.17) is 9.47 Å². The molecule has 0 aliphatic heterocycles. The van der Waals surface area contributed by atoms with E-state index in [0.717, 1.165) is 13.1 Å². The highest BCUT2D eigenvalue weighted by atomic mass is 16.7. The Bertz CT molecular complexity index is 309. The topological polar surface area (TPSA) is 30.5 Å². The van der Waals surface area contributed by atoms with Crippen LogP contribution in [0, 0.1) is 6.92 Å². The zero-order chi connectivity index (χ0) is 12.5. The molecule has 96 valence electrons. The Hall–Kier alpha value is -0.900. The van der Waals surface area contributed by atoms with E-state index >= 15 is 0 Å². The van der Waals surface area contributed by atoms with Gasteiger partial charge in [-0.15, -0.1) is 0 Å². The van der Waals surface area contributed by atoms with Crippen LogP contribution in [-0.2, 0) is 16.0 Å². The summed E-state index contributed by atoms with van der Waals surface area (Å²) in [6, 6.07) is 8.49. The molecule has 1 aromatic carbocycles. The monoisotopic (exact) mass is 237 g/mol. The van der Waals surface area contributed by atoms with Gasteiger partial charge in [0, 0.05) is 26.3 Å². The number of ether oxygens (including phenoxy) is 2. The molecule has 0 bridgehead atoms. The lowest BCUT2D eigenvalue weighted by Gasteiger charge is -2.17. The van der Waals surface area contributed by atoms with Crippen molar-refractivity contribution in [1.29, 1.82) is 0 Å². The average Bonchev–Trinajstić information content (AvgIpc) is 2.30. The van der Waals surface area contributed by atoms with Crippen molar-refractivity contribution in [2.75, 3.05) is 19.8 Å². The second-order valence-corrected chi connectivity index (χ2v) is 3.96. The Morgan fingerprint density at radius 2 is 1.88 bits per heavy atom. The summed E-state index contributed by atoms with van der Waals surface area (Å²) >= 11 is 0. The fourth-order valence-electron chi connectivity index (χ4n) is 1.69. The normalized spacial score (nSPS) is 11.1. The van der Waals surface area contributed by atoms with Crippen LogP contribution in [0.4, 0.5) is 0 Å². The molecule has 0 aromatic heterocycles. The van der Waals surface area contributed by atoms with Crippen molar-refractivity contribution >= 4 is 0 Å². The highest BCUT2D eigenvalue weighted by molar-refractivity contribution is 5.21. The molecule has 1 N–H and O–H groups in total. The van der Waals surface area contributed by atoms with Crippen molar-refractivity contribution in [2.24, 2.45) is 0 Å². The van der Waals surface area contributed by atoms with Gasteiger partial charge in [-0.25, -0.2) is 0 Å². The van der Waals surface area contributed by atoms with Crippen molar-refractivity contribution in [2.45, 2.75) is 33.6 Å². The average molecular weight is 237 g/mol. The van der Waals surface area contributed by atoms with Crippen molar-refractivity contribution in [3.63, 3.8) is 0 Å². The predicted molar refractivity (Wildman–Crippen MR) is 69.9 cm³/mol. The van der Waals surface area contributed by atoms with E-state index in [-0.39, 0.29) is 6.29 Å². The second kappa shape index (κ2) is 8.23. The molecule has 0 spiro atoms. The summed E-state index contributed by atoms with van der Waals surface area (Å²) in [6.45, 7) is 8.98. The predicted octanol–water partition coefficient (Wildman–Crippen LogP) is 2.48. The smallest absolute Gasteiger partial charge is 0.169 e. The van der Waals surface area contributed by atoms with Crippen molar-refractivity contribution in [3.05, 3.63) is 35.4 Å². The summed E-state index contributed by atoms with van der Waals surface area (Å²) < 4.78 is 10.9. The molecule has 0 aliphatic carbocycles. The fourth-order valence-corrected chi connectivity index (χ4v) is 1.69. The third kappa shape index (κ3) is 5.82. The maximum absolute atomic E-state index is 5.46. The maximum Gasteiger partial charge on any atom is 0.169 e. The lowest BCUT2D eigenvalue weighted by Crippen LogP contribution is -2.31. The minimum Gasteiger partial charge on any atom is -0.352 e. The fraction of sp³-hybridized carbons (Fsp3) is 0.571. The molecule has 3 nitrogen and oxygen atoms in total. The zero-order valence-corrected chi connectivity index (χ0v) is 11.0. The summed E-state index contributed by atoms with van der Waals surface area (Å²) in [7, 11) is 0. The van der Waals surface area contributed by atoms with Crippen LogP contribution in [0.1, 0.15) is 25.0 Å². The molecule has 0 saturated carbocycles. The van der Waals surface area contributed by atoms with Crippen LogP contribution in [0.5, 0.6) is 0 Å². The van der Waals surface area contributed by atoms with Crippen LogP contribution in [0.2, 0.25) is 0 Å². The summed E-state index contributed by atoms with van der Waals surface area (Å²) in [4.78, 5) is 0. The van der Waals surface area contributed by atoms with Gasteiger partial charge in [-0.2, -0.15) is 0 Å². The second-order valence-electron chi connectivity index (χ2n) is 3.96. The maximum atomic E-state index is 5.46. The Balaban J connectivity index is 2.30. The molecule has 1 aromatic rings. The largest absolute Gasteiger partial charge is 0.352 e. The molecule has 0 unspecified atom stereocenters. The number of rotatable bonds is 8. The van der Waals surface area contributed by atoms with E-state index in [1.54, 1.807) is 0 Å². The van der Waals surface area contributed by atoms with Gasteiger partial charge in [-0.05, 0) is 26.3 Å². The SMILES string of the molecule is CCOC(CNCc1cccc(C)c1)OCC. The lowest BCUT2D eigenvalue weighted by molar-refractivity contribution is -0.133. The number of hydrogen-bond acceptors (Lipinski definition) is 3. The molecule has 0 radical (unpaired) electrons. The van der Waals surface area contributed by atoms with E-state index in [9.17, 15) is 0 Å². The van der Waals surface area contributed by atoms with Gasteiger partial charge in [0.1, 0.15) is 0 Å². The van der Waals surface area contributed by atoms with Crippen LogP contribution in [-0.4, -0.2) is 26.0 Å². The summed E-state index contributed by atoms with van der Waals surface area (Å²) in [6.07, 6.45) is -0.144. The van der Waals surface area contributed by atoms with Gasteiger partial charge in [0.05, 0.1) is 0 Å². The van der Waals surface area contributed by atoms with Crippen molar-refractivity contribution in [3.8, 4) is 0 Å². The van der Waals surface area contributed by atoms with Gasteiger partial charge in [0.25, 0.3) is 0 Å². The molecule has 3 heteroatoms. The molecular formula is C14H23NO2. The van der Waals surface area contributed by atoms with Gasteiger partial charge in [-0.3, -0.25) is 0 Å². The van der Waals surface area contributed by atoms with Crippen LogP contribution in [0.15, 0.2) is 24.3 Å². The van der Waals surface area contributed by atoms with Gasteiger partial charge in [0.2, 0.25) is 0 Å². The van der Waals surface area contributed by atoms with Crippen LogP contribution in [0.3, 0.4) is 0 Å². The molecule has 0 atom stereocenters. The van der Waals surface area contributed by atoms with Crippen LogP contribution < -0.4 is 5.32 Å². The van der Waals surface area contributed by atoms with E-state index in [0.29, 0.717) is 13.2 Å². The summed E-state index contributed by atoms with van der Waals surface area (Å²) in [5, 5.41) is 3.35. The van der Waals surface area contributed by atoms with Crippen LogP contribution >= 0.6 is 0 Å². The van der Waals surface area contributed by atoms with E-state index in [2.05, 4.69) is 36.5 Å². The first-order valence-electron chi connectivity index (χ1n) is 6.25. The van der Waals surface area contributed by atoms with Gasteiger partial charge in [0.15, 0.2) is 6.29 Å². The highest BCUT2D eigenvalue weighted by Crippen LogP contribution is 2.03. The molecule has 0 amide bonds. The molecule has 0 saturated heterocycles. The zero-order valence-electron chi connectivity index (χ0n) is 11.0. The molecule has 1 rings (SSSR count). The molecule has 0 aliphatic rings. The minimum atomic E-state index is -0.144. The van der Waals surface area contributed by atoms with E-state index in [1.807, 2.05) is 13.8 Å². The third-order valence-corrected chi connectivity index (χ3v) is 2.43. The van der Waals surface area contributed by atoms with Gasteiger partial charge < -0.3 is 14.8 Å². The van der Waals surface area contributed by atoms with Crippen molar-refractivity contribution < 1.29 is 9.47 Å². The van der Waals surface area contributed by atoms with E-state index < -0.39 is 0 Å². The first-order valence-corrected chi connectivity index (χ1v) is 6.25. The lowest BCUT2D eigenvalue weighted by atomic mass is 10.1. The van der Waals surface area contributed by atoms with Crippen molar-refractivity contribution in [1.82, 2.24) is 5.32 Å². The first-order chi connectivity index (χ1) is 8.26. The number of benzene rings is 1. The van der Waals surface area contributed by atoms with E-state index in [1.165, 1.54) is 11.1 Å². The number of aryl methyl sites for hydroxylation is 1. The summed E-state index contributed by atoms with van der Waals surface area (Å²) in [5.74, 6) is 0. The highest BCUT2D eigenvalue weighted by Gasteiger charge is 2.06. The number of hydrogen-bond donors (Lipinski definition) is 1. The molecule has 0 heterocycles. The standard InChI is InChI=1S/C14H23NO2/c1-4-16-14(17-5-2)11-15-10-13-8-6-7-12(3)9-13/h6-9,14-15H,4-5,10-11H2,1-3H3. The molecule has 17 heavy (non-hydrogen) atoms. The quantitative estimate of drug-likeness (QED) is 0.705. The third-order valence-electron chi connectivity index (χ3n) is 2.43. The number of nitrogens with one attached hydrogen (secondary N) is 1. The van der Waals surface area contributed by atoms with Gasteiger partial charge >= 0.3 is 0 Å².